The molecule has 2 heterocycles. The Balaban J connectivity index is 1.53. The Bertz CT molecular complexity index is 917. The van der Waals surface area contributed by atoms with Crippen LogP contribution >= 0.6 is 11.6 Å². The SMILES string of the molecule is O=C(O)CC1COc2cc(OCc3cccc4c3OC(F)(F)O4)c(Cl)cc21. The minimum absolute atomic E-state index is 0.0643. The summed E-state index contributed by atoms with van der Waals surface area (Å²) in [5.41, 5.74) is 1.07. The maximum absolute atomic E-state index is 13.3. The second kappa shape index (κ2) is 6.45. The average Bonchev–Trinajstić information content (AvgIpc) is 3.11. The average molecular weight is 399 g/mol. The van der Waals surface area contributed by atoms with Gasteiger partial charge in [-0.05, 0) is 12.1 Å². The first-order chi connectivity index (χ1) is 12.8. The minimum Gasteiger partial charge on any atom is -0.492 e. The highest BCUT2D eigenvalue weighted by molar-refractivity contribution is 6.32. The van der Waals surface area contributed by atoms with Gasteiger partial charge in [-0.25, -0.2) is 0 Å². The van der Waals surface area contributed by atoms with E-state index in [-0.39, 0.29) is 47.8 Å². The molecule has 0 spiro atoms. The number of ether oxygens (including phenoxy) is 4. The summed E-state index contributed by atoms with van der Waals surface area (Å²) >= 11 is 6.23. The molecule has 0 saturated carbocycles. The molecular weight excluding hydrogens is 386 g/mol. The van der Waals surface area contributed by atoms with Gasteiger partial charge in [-0.15, -0.1) is 8.78 Å². The number of benzene rings is 2. The van der Waals surface area contributed by atoms with Gasteiger partial charge in [0.15, 0.2) is 11.5 Å². The molecule has 0 fully saturated rings. The third-order valence-corrected chi connectivity index (χ3v) is 4.55. The lowest BCUT2D eigenvalue weighted by Gasteiger charge is -2.12. The van der Waals surface area contributed by atoms with Crippen LogP contribution in [0.15, 0.2) is 30.3 Å². The van der Waals surface area contributed by atoms with Crippen LogP contribution in [-0.4, -0.2) is 24.0 Å². The van der Waals surface area contributed by atoms with Crippen molar-refractivity contribution in [2.24, 2.45) is 0 Å². The fourth-order valence-corrected chi connectivity index (χ4v) is 3.29. The normalized spacial score (nSPS) is 18.7. The molecule has 142 valence electrons. The molecule has 2 aromatic rings. The highest BCUT2D eigenvalue weighted by atomic mass is 35.5. The van der Waals surface area contributed by atoms with Crippen molar-refractivity contribution in [3.8, 4) is 23.0 Å². The zero-order valence-corrected chi connectivity index (χ0v) is 14.5. The van der Waals surface area contributed by atoms with E-state index >= 15 is 0 Å². The van der Waals surface area contributed by atoms with Crippen molar-refractivity contribution in [3.63, 3.8) is 0 Å². The van der Waals surface area contributed by atoms with Gasteiger partial charge in [-0.2, -0.15) is 0 Å². The molecule has 0 aromatic heterocycles. The Labute approximate surface area is 157 Å². The summed E-state index contributed by atoms with van der Waals surface area (Å²) in [6.07, 6.45) is -3.78. The van der Waals surface area contributed by atoms with Crippen molar-refractivity contribution in [1.82, 2.24) is 0 Å². The van der Waals surface area contributed by atoms with Crippen LogP contribution in [-0.2, 0) is 11.4 Å². The molecule has 1 unspecified atom stereocenters. The van der Waals surface area contributed by atoms with E-state index in [1.54, 1.807) is 24.3 Å². The molecule has 0 aliphatic carbocycles. The topological polar surface area (TPSA) is 74.2 Å². The van der Waals surface area contributed by atoms with E-state index in [0.717, 1.165) is 0 Å². The van der Waals surface area contributed by atoms with Gasteiger partial charge in [-0.1, -0.05) is 23.7 Å². The first kappa shape index (κ1) is 17.7. The lowest BCUT2D eigenvalue weighted by atomic mass is 9.98. The summed E-state index contributed by atoms with van der Waals surface area (Å²) in [5.74, 6) is -0.586. The van der Waals surface area contributed by atoms with Crippen LogP contribution in [0.1, 0.15) is 23.5 Å². The number of fused-ring (bicyclic) bond motifs is 2. The fraction of sp³-hybridized carbons (Fsp3) is 0.278. The zero-order valence-electron chi connectivity index (χ0n) is 13.7. The highest BCUT2D eigenvalue weighted by Gasteiger charge is 2.44. The summed E-state index contributed by atoms with van der Waals surface area (Å²) in [4.78, 5) is 10.9. The van der Waals surface area contributed by atoms with Crippen LogP contribution < -0.4 is 18.9 Å². The van der Waals surface area contributed by atoms with E-state index in [4.69, 9.17) is 26.2 Å². The van der Waals surface area contributed by atoms with Gasteiger partial charge < -0.3 is 24.1 Å². The van der Waals surface area contributed by atoms with E-state index in [9.17, 15) is 13.6 Å². The number of carboxylic acids is 1. The third-order valence-electron chi connectivity index (χ3n) is 4.26. The van der Waals surface area contributed by atoms with E-state index < -0.39 is 12.3 Å². The van der Waals surface area contributed by atoms with Crippen molar-refractivity contribution in [1.29, 1.82) is 0 Å². The van der Waals surface area contributed by atoms with Crippen molar-refractivity contribution >= 4 is 17.6 Å². The molecule has 2 aromatic carbocycles. The summed E-state index contributed by atoms with van der Waals surface area (Å²) in [7, 11) is 0. The van der Waals surface area contributed by atoms with Crippen molar-refractivity contribution < 1.29 is 37.6 Å². The van der Waals surface area contributed by atoms with Gasteiger partial charge in [0.2, 0.25) is 0 Å². The summed E-state index contributed by atoms with van der Waals surface area (Å²) < 4.78 is 46.6. The van der Waals surface area contributed by atoms with Gasteiger partial charge in [0, 0.05) is 23.1 Å². The molecule has 0 bridgehead atoms. The molecule has 4 rings (SSSR count). The van der Waals surface area contributed by atoms with Gasteiger partial charge >= 0.3 is 12.3 Å². The molecule has 1 N–H and O–H groups in total. The number of hydrogen-bond acceptors (Lipinski definition) is 5. The molecule has 0 saturated heterocycles. The number of alkyl halides is 2. The lowest BCUT2D eigenvalue weighted by molar-refractivity contribution is -0.287. The Morgan fingerprint density at radius 1 is 1.30 bits per heavy atom. The van der Waals surface area contributed by atoms with Crippen LogP contribution in [0.5, 0.6) is 23.0 Å². The van der Waals surface area contributed by atoms with Crippen molar-refractivity contribution in [3.05, 3.63) is 46.5 Å². The molecule has 6 nitrogen and oxygen atoms in total. The molecule has 1 atom stereocenters. The van der Waals surface area contributed by atoms with E-state index in [2.05, 4.69) is 9.47 Å². The second-order valence-corrected chi connectivity index (χ2v) is 6.53. The predicted molar refractivity (Wildman–Crippen MR) is 88.9 cm³/mol. The lowest BCUT2D eigenvalue weighted by Crippen LogP contribution is -2.26. The van der Waals surface area contributed by atoms with Crippen LogP contribution in [0, 0.1) is 0 Å². The van der Waals surface area contributed by atoms with Crippen LogP contribution in [0.3, 0.4) is 0 Å². The van der Waals surface area contributed by atoms with Crippen molar-refractivity contribution in [2.75, 3.05) is 6.61 Å². The molecule has 0 radical (unpaired) electrons. The van der Waals surface area contributed by atoms with Gasteiger partial charge in [0.1, 0.15) is 18.1 Å². The Kier molecular flexibility index (Phi) is 4.22. The standard InChI is InChI=1S/C18H13ClF2O6/c19-12-5-11-10(4-16(22)23)8-24-14(11)6-15(12)25-7-9-2-1-3-13-17(9)27-18(20,21)26-13/h1-3,5-6,10H,4,7-8H2,(H,22,23). The Morgan fingerprint density at radius 3 is 2.89 bits per heavy atom. The molecule has 2 aliphatic heterocycles. The fourth-order valence-electron chi connectivity index (χ4n) is 3.06. The van der Waals surface area contributed by atoms with E-state index in [1.165, 1.54) is 6.07 Å². The van der Waals surface area contributed by atoms with Crippen LogP contribution in [0.25, 0.3) is 0 Å². The monoisotopic (exact) mass is 398 g/mol. The van der Waals surface area contributed by atoms with Crippen LogP contribution in [0.2, 0.25) is 5.02 Å². The maximum Gasteiger partial charge on any atom is 0.586 e. The molecule has 0 amide bonds. The summed E-state index contributed by atoms with van der Waals surface area (Å²) in [6.45, 7) is 0.160. The second-order valence-electron chi connectivity index (χ2n) is 6.13. The molecule has 27 heavy (non-hydrogen) atoms. The first-order valence-electron chi connectivity index (χ1n) is 8.01. The van der Waals surface area contributed by atoms with E-state index in [0.29, 0.717) is 16.9 Å². The number of para-hydroxylation sites is 1. The molecule has 2 aliphatic rings. The zero-order chi connectivity index (χ0) is 19.2. The predicted octanol–water partition coefficient (Wildman–Crippen LogP) is 4.19. The molecule has 9 heteroatoms. The van der Waals surface area contributed by atoms with E-state index in [1.807, 2.05) is 0 Å². The molecular formula is C18H13ClF2O6. The Morgan fingerprint density at radius 2 is 2.11 bits per heavy atom. The number of rotatable bonds is 5. The van der Waals surface area contributed by atoms with Crippen LogP contribution in [0.4, 0.5) is 8.78 Å². The number of carbonyl (C=O) groups is 1. The van der Waals surface area contributed by atoms with Crippen molar-refractivity contribution in [2.45, 2.75) is 25.2 Å². The highest BCUT2D eigenvalue weighted by Crippen LogP contribution is 2.45. The quantitative estimate of drug-likeness (QED) is 0.814. The minimum atomic E-state index is -3.71. The maximum atomic E-state index is 13.3. The number of hydrogen-bond donors (Lipinski definition) is 1. The largest absolute Gasteiger partial charge is 0.586 e. The van der Waals surface area contributed by atoms with Gasteiger partial charge in [0.05, 0.1) is 18.1 Å². The number of halogens is 3. The Hall–Kier alpha value is -2.74. The summed E-state index contributed by atoms with van der Waals surface area (Å²) in [5, 5.41) is 9.23. The summed E-state index contributed by atoms with van der Waals surface area (Å²) in [6, 6.07) is 7.67. The number of aliphatic carboxylic acids is 1. The third kappa shape index (κ3) is 3.44. The van der Waals surface area contributed by atoms with Gasteiger partial charge in [0.25, 0.3) is 0 Å². The first-order valence-corrected chi connectivity index (χ1v) is 8.39. The number of carboxylic acid groups (broad SMARTS) is 1. The smallest absolute Gasteiger partial charge is 0.492 e. The van der Waals surface area contributed by atoms with Gasteiger partial charge in [-0.3, -0.25) is 4.79 Å².